The van der Waals surface area contributed by atoms with Crippen LogP contribution in [0, 0.1) is 11.8 Å². The highest BCUT2D eigenvalue weighted by molar-refractivity contribution is 7.99. The quantitative estimate of drug-likeness (QED) is 0.826. The monoisotopic (exact) mass is 284 g/mol. The lowest BCUT2D eigenvalue weighted by Crippen LogP contribution is -2.51. The SMILES string of the molecule is C1CC(NCC2CCSCC2)C(C2COCCN2)C1. The molecule has 1 saturated carbocycles. The highest BCUT2D eigenvalue weighted by Crippen LogP contribution is 2.30. The summed E-state index contributed by atoms with van der Waals surface area (Å²) in [5.74, 6) is 4.47. The summed E-state index contributed by atoms with van der Waals surface area (Å²) in [6.07, 6.45) is 6.96. The van der Waals surface area contributed by atoms with E-state index < -0.39 is 0 Å². The molecule has 2 saturated heterocycles. The molecule has 2 aliphatic heterocycles. The van der Waals surface area contributed by atoms with Gasteiger partial charge in [-0.2, -0.15) is 11.8 Å². The minimum Gasteiger partial charge on any atom is -0.379 e. The lowest BCUT2D eigenvalue weighted by atomic mass is 9.93. The largest absolute Gasteiger partial charge is 0.379 e. The maximum Gasteiger partial charge on any atom is 0.0623 e. The molecule has 0 aromatic rings. The zero-order valence-corrected chi connectivity index (χ0v) is 12.7. The van der Waals surface area contributed by atoms with Crippen molar-refractivity contribution in [1.82, 2.24) is 10.6 Å². The van der Waals surface area contributed by atoms with Gasteiger partial charge in [0.1, 0.15) is 0 Å². The number of nitrogens with one attached hydrogen (secondary N) is 2. The number of hydrogen-bond acceptors (Lipinski definition) is 4. The summed E-state index contributed by atoms with van der Waals surface area (Å²) >= 11 is 2.13. The fourth-order valence-electron chi connectivity index (χ4n) is 3.85. The van der Waals surface area contributed by atoms with Crippen LogP contribution in [-0.4, -0.2) is 49.9 Å². The van der Waals surface area contributed by atoms with E-state index in [0.717, 1.165) is 37.6 Å². The third-order valence-electron chi connectivity index (χ3n) is 5.05. The van der Waals surface area contributed by atoms with Crippen molar-refractivity contribution >= 4 is 11.8 Å². The Hall–Kier alpha value is 0.230. The summed E-state index contributed by atoms with van der Waals surface area (Å²) in [7, 11) is 0. The highest BCUT2D eigenvalue weighted by Gasteiger charge is 2.34. The van der Waals surface area contributed by atoms with Gasteiger partial charge in [0.05, 0.1) is 13.2 Å². The van der Waals surface area contributed by atoms with Crippen LogP contribution >= 0.6 is 11.8 Å². The molecule has 0 aromatic heterocycles. The van der Waals surface area contributed by atoms with Crippen molar-refractivity contribution in [2.24, 2.45) is 11.8 Å². The molecule has 0 bridgehead atoms. The number of hydrogen-bond donors (Lipinski definition) is 2. The van der Waals surface area contributed by atoms with E-state index in [2.05, 4.69) is 22.4 Å². The summed E-state index contributed by atoms with van der Waals surface area (Å²) < 4.78 is 5.64. The zero-order valence-electron chi connectivity index (χ0n) is 11.9. The predicted octanol–water partition coefficient (Wildman–Crippen LogP) is 1.88. The predicted molar refractivity (Wildman–Crippen MR) is 81.8 cm³/mol. The molecular formula is C15H28N2OS. The van der Waals surface area contributed by atoms with E-state index in [1.165, 1.54) is 50.2 Å². The van der Waals surface area contributed by atoms with E-state index in [1.54, 1.807) is 0 Å². The average Bonchev–Trinajstić information content (AvgIpc) is 2.95. The highest BCUT2D eigenvalue weighted by atomic mass is 32.2. The summed E-state index contributed by atoms with van der Waals surface area (Å²) in [5, 5.41) is 7.55. The van der Waals surface area contributed by atoms with Gasteiger partial charge in [0.15, 0.2) is 0 Å². The van der Waals surface area contributed by atoms with Crippen molar-refractivity contribution in [3.63, 3.8) is 0 Å². The first kappa shape index (κ1) is 14.2. The second kappa shape index (κ2) is 7.30. The smallest absolute Gasteiger partial charge is 0.0623 e. The number of rotatable bonds is 4. The van der Waals surface area contributed by atoms with Crippen LogP contribution in [0.4, 0.5) is 0 Å². The molecule has 2 heterocycles. The van der Waals surface area contributed by atoms with E-state index in [-0.39, 0.29) is 0 Å². The Kier molecular flexibility index (Phi) is 5.45. The van der Waals surface area contributed by atoms with Crippen LogP contribution in [-0.2, 0) is 4.74 Å². The summed E-state index contributed by atoms with van der Waals surface area (Å²) in [6.45, 7) is 4.09. The molecule has 3 unspecified atom stereocenters. The molecule has 1 aliphatic carbocycles. The summed E-state index contributed by atoms with van der Waals surface area (Å²) in [5.41, 5.74) is 0. The minimum atomic E-state index is 0.593. The second-order valence-electron chi connectivity index (χ2n) is 6.30. The van der Waals surface area contributed by atoms with E-state index >= 15 is 0 Å². The average molecular weight is 284 g/mol. The molecule has 2 N–H and O–H groups in total. The van der Waals surface area contributed by atoms with Gasteiger partial charge in [0, 0.05) is 18.6 Å². The van der Waals surface area contributed by atoms with Gasteiger partial charge in [0.25, 0.3) is 0 Å². The van der Waals surface area contributed by atoms with Crippen LogP contribution in [0.1, 0.15) is 32.1 Å². The molecule has 0 radical (unpaired) electrons. The molecule has 3 rings (SSSR count). The summed E-state index contributed by atoms with van der Waals surface area (Å²) in [4.78, 5) is 0. The van der Waals surface area contributed by atoms with Crippen molar-refractivity contribution in [2.45, 2.75) is 44.2 Å². The van der Waals surface area contributed by atoms with E-state index in [4.69, 9.17) is 4.74 Å². The normalized spacial score (nSPS) is 37.6. The molecular weight excluding hydrogens is 256 g/mol. The summed E-state index contributed by atoms with van der Waals surface area (Å²) in [6, 6.07) is 1.32. The first-order valence-corrected chi connectivity index (χ1v) is 9.21. The van der Waals surface area contributed by atoms with Crippen molar-refractivity contribution in [2.75, 3.05) is 37.8 Å². The lowest BCUT2D eigenvalue weighted by Gasteiger charge is -2.34. The fourth-order valence-corrected chi connectivity index (χ4v) is 5.06. The molecule has 3 fully saturated rings. The van der Waals surface area contributed by atoms with Crippen LogP contribution in [0.5, 0.6) is 0 Å². The van der Waals surface area contributed by atoms with Gasteiger partial charge in [-0.1, -0.05) is 6.42 Å². The number of ether oxygens (including phenoxy) is 1. The zero-order chi connectivity index (χ0) is 12.9. The van der Waals surface area contributed by atoms with Crippen molar-refractivity contribution < 1.29 is 4.74 Å². The lowest BCUT2D eigenvalue weighted by molar-refractivity contribution is 0.0522. The first-order valence-electron chi connectivity index (χ1n) is 8.06. The van der Waals surface area contributed by atoms with Crippen molar-refractivity contribution in [3.05, 3.63) is 0 Å². The van der Waals surface area contributed by atoms with Crippen molar-refractivity contribution in [1.29, 1.82) is 0 Å². The molecule has 3 aliphatic rings. The number of thioether (sulfide) groups is 1. The molecule has 3 atom stereocenters. The van der Waals surface area contributed by atoms with Crippen LogP contribution < -0.4 is 10.6 Å². The van der Waals surface area contributed by atoms with Gasteiger partial charge in [-0.05, 0) is 55.6 Å². The molecule has 3 nitrogen and oxygen atoms in total. The fraction of sp³-hybridized carbons (Fsp3) is 1.00. The Labute approximate surface area is 121 Å². The molecule has 0 amide bonds. The van der Waals surface area contributed by atoms with Gasteiger partial charge >= 0.3 is 0 Å². The maximum atomic E-state index is 5.64. The molecule has 0 spiro atoms. The topological polar surface area (TPSA) is 33.3 Å². The molecule has 110 valence electrons. The van der Waals surface area contributed by atoms with Crippen molar-refractivity contribution in [3.8, 4) is 0 Å². The molecule has 0 aromatic carbocycles. The van der Waals surface area contributed by atoms with Crippen LogP contribution in [0.25, 0.3) is 0 Å². The van der Waals surface area contributed by atoms with Crippen LogP contribution in [0.2, 0.25) is 0 Å². The van der Waals surface area contributed by atoms with Crippen LogP contribution in [0.15, 0.2) is 0 Å². The van der Waals surface area contributed by atoms with Crippen LogP contribution in [0.3, 0.4) is 0 Å². The molecule has 19 heavy (non-hydrogen) atoms. The molecule has 4 heteroatoms. The van der Waals surface area contributed by atoms with Gasteiger partial charge in [-0.25, -0.2) is 0 Å². The third-order valence-corrected chi connectivity index (χ3v) is 6.09. The number of morpholine rings is 1. The van der Waals surface area contributed by atoms with Gasteiger partial charge < -0.3 is 15.4 Å². The van der Waals surface area contributed by atoms with Gasteiger partial charge in [-0.15, -0.1) is 0 Å². The Morgan fingerprint density at radius 1 is 1.16 bits per heavy atom. The van der Waals surface area contributed by atoms with E-state index in [9.17, 15) is 0 Å². The maximum absolute atomic E-state index is 5.64. The second-order valence-corrected chi connectivity index (χ2v) is 7.53. The van der Waals surface area contributed by atoms with Gasteiger partial charge in [0.2, 0.25) is 0 Å². The Morgan fingerprint density at radius 3 is 2.84 bits per heavy atom. The standard InChI is InChI=1S/C15H28N2OS/c1-2-13(15-11-18-7-6-16-15)14(3-1)17-10-12-4-8-19-9-5-12/h12-17H,1-11H2. The Morgan fingerprint density at radius 2 is 2.05 bits per heavy atom. The van der Waals surface area contributed by atoms with E-state index in [1.807, 2.05) is 0 Å². The Balaban J connectivity index is 1.45. The Bertz CT molecular complexity index is 265. The third kappa shape index (κ3) is 3.87. The van der Waals surface area contributed by atoms with E-state index in [0.29, 0.717) is 6.04 Å². The van der Waals surface area contributed by atoms with Gasteiger partial charge in [-0.3, -0.25) is 0 Å². The first-order chi connectivity index (χ1) is 9.43. The minimum absolute atomic E-state index is 0.593.